The average molecular weight is 411 g/mol. The van der Waals surface area contributed by atoms with Crippen molar-refractivity contribution in [2.75, 3.05) is 0 Å². The Morgan fingerprint density at radius 1 is 1.14 bits per heavy atom. The Balaban J connectivity index is 3.22. The molecule has 0 atom stereocenters. The van der Waals surface area contributed by atoms with Crippen molar-refractivity contribution in [2.45, 2.75) is 0 Å². The van der Waals surface area contributed by atoms with Gasteiger partial charge < -0.3 is 4.18 Å². The Labute approximate surface area is 106 Å². The molecule has 0 unspecified atom stereocenters. The summed E-state index contributed by atoms with van der Waals surface area (Å²) in [6.45, 7) is 0. The molecule has 0 saturated heterocycles. The molecule has 0 aromatic heterocycles. The average Bonchev–Trinajstić information content (AvgIpc) is 1.95. The molecule has 0 aliphatic rings. The van der Waals surface area contributed by atoms with E-state index in [0.717, 1.165) is 4.47 Å². The van der Waals surface area contributed by atoms with Gasteiger partial charge in [0.05, 0.1) is 8.95 Å². The van der Waals surface area contributed by atoms with Gasteiger partial charge in [-0.1, -0.05) is 15.9 Å². The van der Waals surface area contributed by atoms with Crippen molar-refractivity contribution < 1.29 is 17.2 Å². The largest absolute Gasteiger partial charge is 0.446 e. The summed E-state index contributed by atoms with van der Waals surface area (Å²) >= 11 is 9.38. The lowest BCUT2D eigenvalue weighted by Crippen LogP contribution is -2.07. The Bertz CT molecular complexity index is 433. The number of hydrogen-bond donors (Lipinski definition) is 1. The van der Waals surface area contributed by atoms with Crippen LogP contribution in [-0.2, 0) is 10.4 Å². The van der Waals surface area contributed by atoms with Crippen molar-refractivity contribution in [1.82, 2.24) is 0 Å². The van der Waals surface area contributed by atoms with Gasteiger partial charge in [-0.05, 0) is 44.0 Å². The van der Waals surface area contributed by atoms with Crippen LogP contribution in [0, 0.1) is 0 Å². The summed E-state index contributed by atoms with van der Waals surface area (Å²) in [6.07, 6.45) is 0. The van der Waals surface area contributed by atoms with Crippen molar-refractivity contribution in [2.24, 2.45) is 0 Å². The Kier molecular flexibility index (Phi) is 3.98. The smallest absolute Gasteiger partial charge is 0.359 e. The third-order valence-electron chi connectivity index (χ3n) is 1.15. The maximum Gasteiger partial charge on any atom is 0.446 e. The van der Waals surface area contributed by atoms with Crippen LogP contribution in [0.4, 0.5) is 0 Å². The van der Waals surface area contributed by atoms with E-state index >= 15 is 0 Å². The summed E-state index contributed by atoms with van der Waals surface area (Å²) in [5, 5.41) is 0. The summed E-state index contributed by atoms with van der Waals surface area (Å²) in [5.74, 6) is -0.00398. The third kappa shape index (κ3) is 3.50. The Hall–Kier alpha value is 0.370. The molecule has 8 heteroatoms. The lowest BCUT2D eigenvalue weighted by atomic mass is 10.3. The predicted octanol–water partition coefficient (Wildman–Crippen LogP) is 3.16. The van der Waals surface area contributed by atoms with Crippen LogP contribution in [-0.4, -0.2) is 13.0 Å². The Morgan fingerprint density at radius 2 is 1.57 bits per heavy atom. The molecule has 1 aromatic carbocycles. The normalized spacial score (nSPS) is 11.4. The molecule has 0 aliphatic heterocycles. The minimum atomic E-state index is -4.51. The van der Waals surface area contributed by atoms with E-state index in [4.69, 9.17) is 4.55 Å². The van der Waals surface area contributed by atoms with E-state index < -0.39 is 10.4 Å². The van der Waals surface area contributed by atoms with E-state index in [1.54, 1.807) is 12.1 Å². The fraction of sp³-hybridized carbons (Fsp3) is 0. The number of benzene rings is 1. The van der Waals surface area contributed by atoms with Crippen molar-refractivity contribution in [1.29, 1.82) is 0 Å². The van der Waals surface area contributed by atoms with E-state index in [1.807, 2.05) is 0 Å². The van der Waals surface area contributed by atoms with Gasteiger partial charge in [0.1, 0.15) is 0 Å². The van der Waals surface area contributed by atoms with E-state index in [-0.39, 0.29) is 5.75 Å². The molecule has 78 valence electrons. The van der Waals surface area contributed by atoms with Crippen LogP contribution in [0.2, 0.25) is 0 Å². The van der Waals surface area contributed by atoms with Gasteiger partial charge in [0.2, 0.25) is 0 Å². The second kappa shape index (κ2) is 4.48. The molecule has 4 nitrogen and oxygen atoms in total. The summed E-state index contributed by atoms with van der Waals surface area (Å²) < 4.78 is 35.3. The van der Waals surface area contributed by atoms with Gasteiger partial charge in [-0.15, -0.1) is 0 Å². The second-order valence-corrected chi connectivity index (χ2v) is 5.86. The molecule has 14 heavy (non-hydrogen) atoms. The van der Waals surface area contributed by atoms with Crippen LogP contribution in [0.5, 0.6) is 5.75 Å². The van der Waals surface area contributed by atoms with Crippen LogP contribution in [0.15, 0.2) is 25.6 Å². The molecule has 0 heterocycles. The van der Waals surface area contributed by atoms with Crippen molar-refractivity contribution in [3.63, 3.8) is 0 Å². The highest BCUT2D eigenvalue weighted by Crippen LogP contribution is 2.36. The lowest BCUT2D eigenvalue weighted by molar-refractivity contribution is 0.385. The minimum absolute atomic E-state index is 0.00398. The highest BCUT2D eigenvalue weighted by molar-refractivity contribution is 9.11. The molecule has 0 spiro atoms. The SMILES string of the molecule is O=S(=O)(O)Oc1c(Br)cc(Br)cc1Br. The van der Waals surface area contributed by atoms with Crippen LogP contribution < -0.4 is 4.18 Å². The van der Waals surface area contributed by atoms with Gasteiger partial charge in [0.25, 0.3) is 0 Å². The molecular weight excluding hydrogens is 408 g/mol. The first-order valence-corrected chi connectivity index (χ1v) is 6.85. The minimum Gasteiger partial charge on any atom is -0.359 e. The van der Waals surface area contributed by atoms with Crippen LogP contribution in [0.1, 0.15) is 0 Å². The van der Waals surface area contributed by atoms with E-state index in [0.29, 0.717) is 8.95 Å². The van der Waals surface area contributed by atoms with Crippen molar-refractivity contribution >= 4 is 58.2 Å². The zero-order valence-electron chi connectivity index (χ0n) is 6.37. The molecule has 0 bridgehead atoms. The molecule has 1 N–H and O–H groups in total. The fourth-order valence-corrected chi connectivity index (χ4v) is 3.74. The third-order valence-corrected chi connectivity index (χ3v) is 3.16. The maximum atomic E-state index is 10.5. The van der Waals surface area contributed by atoms with Crippen molar-refractivity contribution in [3.05, 3.63) is 25.6 Å². The Morgan fingerprint density at radius 3 is 1.93 bits per heavy atom. The highest BCUT2D eigenvalue weighted by Gasteiger charge is 2.14. The quantitative estimate of drug-likeness (QED) is 0.761. The predicted molar refractivity (Wildman–Crippen MR) is 61.7 cm³/mol. The summed E-state index contributed by atoms with van der Waals surface area (Å²) in [7, 11) is -4.51. The molecule has 1 aromatic rings. The van der Waals surface area contributed by atoms with Gasteiger partial charge in [0.15, 0.2) is 5.75 Å². The number of hydrogen-bond acceptors (Lipinski definition) is 3. The number of rotatable bonds is 2. The summed E-state index contributed by atoms with van der Waals surface area (Å²) in [4.78, 5) is 0. The molecule has 0 aliphatic carbocycles. The highest BCUT2D eigenvalue weighted by atomic mass is 79.9. The topological polar surface area (TPSA) is 63.6 Å². The summed E-state index contributed by atoms with van der Waals surface area (Å²) in [5.41, 5.74) is 0. The number of halogens is 3. The van der Waals surface area contributed by atoms with Crippen LogP contribution >= 0.6 is 47.8 Å². The van der Waals surface area contributed by atoms with Gasteiger partial charge in [0, 0.05) is 4.47 Å². The molecule has 1 rings (SSSR count). The molecule has 0 amide bonds. The monoisotopic (exact) mass is 408 g/mol. The fourth-order valence-electron chi connectivity index (χ4n) is 0.714. The molecular formula is C6H3Br3O4S. The first-order chi connectivity index (χ1) is 6.29. The standard InChI is InChI=1S/C6H3Br3O4S/c7-3-1-4(8)6(5(9)2-3)13-14(10,11)12/h1-2H,(H,10,11,12). The summed E-state index contributed by atoms with van der Waals surface area (Å²) in [6, 6.07) is 3.18. The van der Waals surface area contributed by atoms with Gasteiger partial charge in [-0.25, -0.2) is 0 Å². The van der Waals surface area contributed by atoms with Gasteiger partial charge >= 0.3 is 10.4 Å². The zero-order chi connectivity index (χ0) is 10.9. The van der Waals surface area contributed by atoms with Gasteiger partial charge in [-0.2, -0.15) is 8.42 Å². The van der Waals surface area contributed by atoms with E-state index in [2.05, 4.69) is 52.0 Å². The maximum absolute atomic E-state index is 10.5. The first-order valence-electron chi connectivity index (χ1n) is 3.11. The molecule has 0 fully saturated rings. The van der Waals surface area contributed by atoms with Crippen molar-refractivity contribution in [3.8, 4) is 5.75 Å². The molecule has 0 saturated carbocycles. The molecule has 0 radical (unpaired) electrons. The van der Waals surface area contributed by atoms with Gasteiger partial charge in [-0.3, -0.25) is 4.55 Å². The zero-order valence-corrected chi connectivity index (χ0v) is 11.9. The van der Waals surface area contributed by atoms with E-state index in [9.17, 15) is 8.42 Å². The second-order valence-electron chi connectivity index (χ2n) is 2.21. The van der Waals surface area contributed by atoms with E-state index in [1.165, 1.54) is 0 Å². The first kappa shape index (κ1) is 12.4. The lowest BCUT2D eigenvalue weighted by Gasteiger charge is -2.06. The van der Waals surface area contributed by atoms with Crippen LogP contribution in [0.3, 0.4) is 0 Å². The van der Waals surface area contributed by atoms with Crippen LogP contribution in [0.25, 0.3) is 0 Å².